The van der Waals surface area contributed by atoms with Crippen LogP contribution in [0, 0.1) is 0 Å². The van der Waals surface area contributed by atoms with Crippen LogP contribution in [0.4, 0.5) is 0 Å². The van der Waals surface area contributed by atoms with Crippen molar-refractivity contribution in [3.63, 3.8) is 0 Å². The summed E-state index contributed by atoms with van der Waals surface area (Å²) < 4.78 is 0. The molecule has 1 heterocycles. The SMILES string of the molecule is O=C(CC1CNCCS1)NC1CC1. The third-order valence-electron chi connectivity index (χ3n) is 2.36. The second-order valence-electron chi connectivity index (χ2n) is 3.74. The van der Waals surface area contributed by atoms with Crippen molar-refractivity contribution in [1.29, 1.82) is 0 Å². The van der Waals surface area contributed by atoms with Crippen molar-refractivity contribution in [3.8, 4) is 0 Å². The van der Waals surface area contributed by atoms with Crippen molar-refractivity contribution in [2.45, 2.75) is 30.6 Å². The molecule has 4 heteroatoms. The molecule has 2 fully saturated rings. The highest BCUT2D eigenvalue weighted by atomic mass is 32.2. The van der Waals surface area contributed by atoms with Gasteiger partial charge in [-0.3, -0.25) is 4.79 Å². The summed E-state index contributed by atoms with van der Waals surface area (Å²) in [5.41, 5.74) is 0. The Balaban J connectivity index is 1.66. The van der Waals surface area contributed by atoms with E-state index in [1.165, 1.54) is 12.8 Å². The van der Waals surface area contributed by atoms with E-state index in [1.54, 1.807) is 0 Å². The van der Waals surface area contributed by atoms with E-state index in [0.717, 1.165) is 18.8 Å². The predicted octanol–water partition coefficient (Wildman–Crippen LogP) is 0.360. The summed E-state index contributed by atoms with van der Waals surface area (Å²) in [5, 5.41) is 6.82. The van der Waals surface area contributed by atoms with E-state index < -0.39 is 0 Å². The standard InChI is InChI=1S/C9H16N2OS/c12-9(11-7-1-2-7)5-8-6-10-3-4-13-8/h7-8,10H,1-6H2,(H,11,12). The number of hydrogen-bond acceptors (Lipinski definition) is 3. The zero-order chi connectivity index (χ0) is 9.10. The second kappa shape index (κ2) is 4.33. The quantitative estimate of drug-likeness (QED) is 0.691. The monoisotopic (exact) mass is 200 g/mol. The van der Waals surface area contributed by atoms with Crippen molar-refractivity contribution in [2.75, 3.05) is 18.8 Å². The van der Waals surface area contributed by atoms with Gasteiger partial charge in [0, 0.05) is 36.6 Å². The van der Waals surface area contributed by atoms with Crippen LogP contribution in [-0.4, -0.2) is 36.0 Å². The lowest BCUT2D eigenvalue weighted by atomic mass is 10.3. The molecule has 0 aromatic rings. The van der Waals surface area contributed by atoms with E-state index >= 15 is 0 Å². The molecule has 1 saturated carbocycles. The van der Waals surface area contributed by atoms with Crippen molar-refractivity contribution in [3.05, 3.63) is 0 Å². The lowest BCUT2D eigenvalue weighted by Crippen LogP contribution is -2.37. The summed E-state index contributed by atoms with van der Waals surface area (Å²) in [6.07, 6.45) is 3.05. The zero-order valence-electron chi connectivity index (χ0n) is 7.71. The van der Waals surface area contributed by atoms with Crippen LogP contribution in [0.25, 0.3) is 0 Å². The van der Waals surface area contributed by atoms with E-state index in [0.29, 0.717) is 17.7 Å². The summed E-state index contributed by atoms with van der Waals surface area (Å²) in [5.74, 6) is 1.38. The summed E-state index contributed by atoms with van der Waals surface area (Å²) in [7, 11) is 0. The number of nitrogens with one attached hydrogen (secondary N) is 2. The van der Waals surface area contributed by atoms with Crippen LogP contribution in [0.5, 0.6) is 0 Å². The molecule has 1 aliphatic carbocycles. The van der Waals surface area contributed by atoms with Gasteiger partial charge in [-0.1, -0.05) is 0 Å². The summed E-state index contributed by atoms with van der Waals surface area (Å²) >= 11 is 1.92. The molecular weight excluding hydrogens is 184 g/mol. The van der Waals surface area contributed by atoms with Crippen LogP contribution in [0.15, 0.2) is 0 Å². The first-order valence-electron chi connectivity index (χ1n) is 4.96. The van der Waals surface area contributed by atoms with Gasteiger partial charge in [0.15, 0.2) is 0 Å². The van der Waals surface area contributed by atoms with Gasteiger partial charge < -0.3 is 10.6 Å². The number of amides is 1. The van der Waals surface area contributed by atoms with E-state index in [-0.39, 0.29) is 5.91 Å². The Morgan fingerprint density at radius 3 is 3.00 bits per heavy atom. The molecule has 0 bridgehead atoms. The number of rotatable bonds is 3. The first-order valence-corrected chi connectivity index (χ1v) is 6.01. The Hall–Kier alpha value is -0.220. The molecular formula is C9H16N2OS. The summed E-state index contributed by atoms with van der Waals surface area (Å²) in [4.78, 5) is 11.4. The van der Waals surface area contributed by atoms with Gasteiger partial charge in [0.2, 0.25) is 5.91 Å². The molecule has 2 N–H and O–H groups in total. The lowest BCUT2D eigenvalue weighted by Gasteiger charge is -2.21. The largest absolute Gasteiger partial charge is 0.353 e. The Labute approximate surface area is 83.0 Å². The maximum atomic E-state index is 11.4. The fourth-order valence-corrected chi connectivity index (χ4v) is 2.57. The normalized spacial score (nSPS) is 28.5. The van der Waals surface area contributed by atoms with Crippen LogP contribution < -0.4 is 10.6 Å². The zero-order valence-corrected chi connectivity index (χ0v) is 8.53. The number of thioether (sulfide) groups is 1. The first kappa shape index (κ1) is 9.34. The molecule has 13 heavy (non-hydrogen) atoms. The third-order valence-corrected chi connectivity index (χ3v) is 3.60. The number of hydrogen-bond donors (Lipinski definition) is 2. The number of carbonyl (C=O) groups excluding carboxylic acids is 1. The van der Waals surface area contributed by atoms with Crippen LogP contribution >= 0.6 is 11.8 Å². The third kappa shape index (κ3) is 3.19. The average molecular weight is 200 g/mol. The van der Waals surface area contributed by atoms with Gasteiger partial charge in [-0.25, -0.2) is 0 Å². The molecule has 2 rings (SSSR count). The van der Waals surface area contributed by atoms with Gasteiger partial charge >= 0.3 is 0 Å². The Kier molecular flexibility index (Phi) is 3.11. The fourth-order valence-electron chi connectivity index (χ4n) is 1.47. The predicted molar refractivity (Wildman–Crippen MR) is 54.9 cm³/mol. The van der Waals surface area contributed by atoms with Gasteiger partial charge in [-0.2, -0.15) is 11.8 Å². The van der Waals surface area contributed by atoms with Gasteiger partial charge in [0.1, 0.15) is 0 Å². The minimum Gasteiger partial charge on any atom is -0.353 e. The maximum Gasteiger partial charge on any atom is 0.221 e. The van der Waals surface area contributed by atoms with Crippen LogP contribution in [0.1, 0.15) is 19.3 Å². The molecule has 2 aliphatic rings. The highest BCUT2D eigenvalue weighted by molar-refractivity contribution is 8.00. The van der Waals surface area contributed by atoms with E-state index in [1.807, 2.05) is 11.8 Å². The Morgan fingerprint density at radius 2 is 2.38 bits per heavy atom. The van der Waals surface area contributed by atoms with E-state index in [4.69, 9.17) is 0 Å². The van der Waals surface area contributed by atoms with E-state index in [2.05, 4.69) is 10.6 Å². The highest BCUT2D eigenvalue weighted by Gasteiger charge is 2.25. The molecule has 1 unspecified atom stereocenters. The molecule has 1 aliphatic heterocycles. The van der Waals surface area contributed by atoms with E-state index in [9.17, 15) is 4.79 Å². The lowest BCUT2D eigenvalue weighted by molar-refractivity contribution is -0.121. The summed E-state index contributed by atoms with van der Waals surface area (Å²) in [6.45, 7) is 2.08. The van der Waals surface area contributed by atoms with Crippen molar-refractivity contribution < 1.29 is 4.79 Å². The average Bonchev–Trinajstić information content (AvgIpc) is 2.90. The summed E-state index contributed by atoms with van der Waals surface area (Å²) in [6, 6.07) is 0.508. The van der Waals surface area contributed by atoms with Crippen LogP contribution in [0.2, 0.25) is 0 Å². The minimum absolute atomic E-state index is 0.240. The highest BCUT2D eigenvalue weighted by Crippen LogP contribution is 2.20. The second-order valence-corrected chi connectivity index (χ2v) is 5.15. The minimum atomic E-state index is 0.240. The Morgan fingerprint density at radius 1 is 1.54 bits per heavy atom. The fraction of sp³-hybridized carbons (Fsp3) is 0.889. The first-order chi connectivity index (χ1) is 6.34. The van der Waals surface area contributed by atoms with Gasteiger partial charge in [-0.15, -0.1) is 0 Å². The molecule has 74 valence electrons. The molecule has 0 spiro atoms. The van der Waals surface area contributed by atoms with Gasteiger partial charge in [0.25, 0.3) is 0 Å². The van der Waals surface area contributed by atoms with Gasteiger partial charge in [-0.05, 0) is 12.8 Å². The smallest absolute Gasteiger partial charge is 0.221 e. The molecule has 1 saturated heterocycles. The number of carbonyl (C=O) groups is 1. The molecule has 0 aromatic heterocycles. The van der Waals surface area contributed by atoms with Crippen molar-refractivity contribution in [1.82, 2.24) is 10.6 Å². The van der Waals surface area contributed by atoms with Crippen LogP contribution in [0.3, 0.4) is 0 Å². The maximum absolute atomic E-state index is 11.4. The molecule has 0 radical (unpaired) electrons. The molecule has 1 atom stereocenters. The van der Waals surface area contributed by atoms with Crippen LogP contribution in [-0.2, 0) is 4.79 Å². The molecule has 1 amide bonds. The molecule has 3 nitrogen and oxygen atoms in total. The van der Waals surface area contributed by atoms with Crippen molar-refractivity contribution >= 4 is 17.7 Å². The topological polar surface area (TPSA) is 41.1 Å². The molecule has 0 aromatic carbocycles. The van der Waals surface area contributed by atoms with Crippen molar-refractivity contribution in [2.24, 2.45) is 0 Å². The van der Waals surface area contributed by atoms with Gasteiger partial charge in [0.05, 0.1) is 0 Å². The Bertz CT molecular complexity index is 188.